The lowest BCUT2D eigenvalue weighted by atomic mass is 9.79. The van der Waals surface area contributed by atoms with Crippen molar-refractivity contribution in [2.24, 2.45) is 11.1 Å². The SMILES string of the molecule is CC(Cn1cccn1)NC(=O)C1(CN)CCOCC1.Cl.Cl. The predicted octanol–water partition coefficient (Wildman–Crippen LogP) is 0.987. The Morgan fingerprint density at radius 1 is 1.48 bits per heavy atom. The largest absolute Gasteiger partial charge is 0.381 e. The molecule has 122 valence electrons. The van der Waals surface area contributed by atoms with E-state index in [2.05, 4.69) is 10.4 Å². The van der Waals surface area contributed by atoms with Crippen molar-refractivity contribution in [1.29, 1.82) is 0 Å². The molecule has 1 amide bonds. The Labute approximate surface area is 137 Å². The second-order valence-electron chi connectivity index (χ2n) is 5.20. The van der Waals surface area contributed by atoms with Gasteiger partial charge < -0.3 is 15.8 Å². The van der Waals surface area contributed by atoms with Gasteiger partial charge in [-0.25, -0.2) is 0 Å². The van der Waals surface area contributed by atoms with Gasteiger partial charge in [-0.15, -0.1) is 24.8 Å². The lowest BCUT2D eigenvalue weighted by Crippen LogP contribution is -2.51. The van der Waals surface area contributed by atoms with Gasteiger partial charge in [0.05, 0.1) is 12.0 Å². The number of nitrogens with zero attached hydrogens (tertiary/aromatic N) is 2. The Hall–Kier alpha value is -0.820. The number of ether oxygens (including phenoxy) is 1. The molecule has 21 heavy (non-hydrogen) atoms. The fourth-order valence-electron chi connectivity index (χ4n) is 2.40. The Balaban J connectivity index is 0.00000200. The normalized spacial score (nSPS) is 18.0. The number of amides is 1. The molecule has 1 aromatic rings. The summed E-state index contributed by atoms with van der Waals surface area (Å²) in [7, 11) is 0. The highest BCUT2D eigenvalue weighted by molar-refractivity contribution is 5.85. The van der Waals surface area contributed by atoms with Gasteiger partial charge in [0.15, 0.2) is 0 Å². The molecular formula is C13H24Cl2N4O2. The number of hydrogen-bond donors (Lipinski definition) is 2. The third-order valence-corrected chi connectivity index (χ3v) is 3.72. The van der Waals surface area contributed by atoms with E-state index in [4.69, 9.17) is 10.5 Å². The van der Waals surface area contributed by atoms with E-state index in [1.165, 1.54) is 0 Å². The van der Waals surface area contributed by atoms with Crippen LogP contribution in [0.2, 0.25) is 0 Å². The molecule has 6 nitrogen and oxygen atoms in total. The van der Waals surface area contributed by atoms with Crippen molar-refractivity contribution in [3.05, 3.63) is 18.5 Å². The van der Waals surface area contributed by atoms with Crippen molar-refractivity contribution in [3.63, 3.8) is 0 Å². The van der Waals surface area contributed by atoms with Gasteiger partial charge in [-0.1, -0.05) is 0 Å². The van der Waals surface area contributed by atoms with E-state index in [9.17, 15) is 4.79 Å². The van der Waals surface area contributed by atoms with Gasteiger partial charge in [-0.3, -0.25) is 9.48 Å². The van der Waals surface area contributed by atoms with Crippen LogP contribution in [0.15, 0.2) is 18.5 Å². The third kappa shape index (κ3) is 5.14. The number of halogens is 2. The summed E-state index contributed by atoms with van der Waals surface area (Å²) in [5.41, 5.74) is 5.36. The second kappa shape index (κ2) is 9.25. The van der Waals surface area contributed by atoms with Crippen molar-refractivity contribution in [2.45, 2.75) is 32.4 Å². The average molecular weight is 339 g/mol. The van der Waals surface area contributed by atoms with E-state index in [1.54, 1.807) is 6.20 Å². The number of carbonyl (C=O) groups excluding carboxylic acids is 1. The van der Waals surface area contributed by atoms with E-state index < -0.39 is 5.41 Å². The zero-order valence-electron chi connectivity index (χ0n) is 12.2. The standard InChI is InChI=1S/C13H22N4O2.2ClH/c1-11(9-17-6-2-5-15-17)16-12(18)13(10-14)3-7-19-8-4-13;;/h2,5-6,11H,3-4,7-10,14H2,1H3,(H,16,18);2*1H. The molecule has 1 fully saturated rings. The summed E-state index contributed by atoms with van der Waals surface area (Å²) < 4.78 is 7.13. The summed E-state index contributed by atoms with van der Waals surface area (Å²) in [6.45, 7) is 4.23. The van der Waals surface area contributed by atoms with Gasteiger partial charge in [0.25, 0.3) is 0 Å². The van der Waals surface area contributed by atoms with E-state index in [-0.39, 0.29) is 36.8 Å². The Kier molecular flexibility index (Phi) is 8.89. The summed E-state index contributed by atoms with van der Waals surface area (Å²) in [6.07, 6.45) is 5.01. The highest BCUT2D eigenvalue weighted by Gasteiger charge is 2.39. The summed E-state index contributed by atoms with van der Waals surface area (Å²) >= 11 is 0. The van der Waals surface area contributed by atoms with Gasteiger partial charge in [-0.05, 0) is 25.8 Å². The Morgan fingerprint density at radius 3 is 2.67 bits per heavy atom. The molecular weight excluding hydrogens is 315 g/mol. The molecule has 2 rings (SSSR count). The summed E-state index contributed by atoms with van der Waals surface area (Å²) in [5.74, 6) is 0.0398. The molecule has 1 unspecified atom stereocenters. The van der Waals surface area contributed by atoms with Crippen LogP contribution in [0.1, 0.15) is 19.8 Å². The molecule has 1 aromatic heterocycles. The summed E-state index contributed by atoms with van der Waals surface area (Å²) in [6, 6.07) is 1.90. The predicted molar refractivity (Wildman–Crippen MR) is 85.9 cm³/mol. The first-order chi connectivity index (χ1) is 9.16. The first kappa shape index (κ1) is 20.2. The number of rotatable bonds is 5. The second-order valence-corrected chi connectivity index (χ2v) is 5.20. The van der Waals surface area contributed by atoms with Crippen LogP contribution in [-0.4, -0.2) is 41.5 Å². The van der Waals surface area contributed by atoms with Crippen molar-refractivity contribution >= 4 is 30.7 Å². The molecule has 3 N–H and O–H groups in total. The van der Waals surface area contributed by atoms with Crippen LogP contribution in [0.5, 0.6) is 0 Å². The number of aromatic nitrogens is 2. The maximum Gasteiger partial charge on any atom is 0.227 e. The number of nitrogens with one attached hydrogen (secondary N) is 1. The van der Waals surface area contributed by atoms with Gasteiger partial charge in [0.1, 0.15) is 0 Å². The van der Waals surface area contributed by atoms with Crippen LogP contribution < -0.4 is 11.1 Å². The van der Waals surface area contributed by atoms with Gasteiger partial charge in [0, 0.05) is 38.2 Å². The molecule has 8 heteroatoms. The fourth-order valence-corrected chi connectivity index (χ4v) is 2.40. The quantitative estimate of drug-likeness (QED) is 0.838. The topological polar surface area (TPSA) is 82.2 Å². The van der Waals surface area contributed by atoms with Crippen LogP contribution in [-0.2, 0) is 16.1 Å². The minimum atomic E-state index is -0.462. The molecule has 0 aromatic carbocycles. The maximum atomic E-state index is 12.4. The lowest BCUT2D eigenvalue weighted by molar-refractivity contribution is -0.136. The molecule has 0 spiro atoms. The number of carbonyl (C=O) groups is 1. The van der Waals surface area contributed by atoms with E-state index in [0.29, 0.717) is 39.1 Å². The smallest absolute Gasteiger partial charge is 0.227 e. The van der Waals surface area contributed by atoms with Crippen molar-refractivity contribution in [2.75, 3.05) is 19.8 Å². The molecule has 0 radical (unpaired) electrons. The number of hydrogen-bond acceptors (Lipinski definition) is 4. The van der Waals surface area contributed by atoms with Crippen LogP contribution in [0, 0.1) is 5.41 Å². The van der Waals surface area contributed by atoms with E-state index in [0.717, 1.165) is 0 Å². The molecule has 1 atom stereocenters. The zero-order valence-corrected chi connectivity index (χ0v) is 13.8. The molecule has 1 saturated heterocycles. The zero-order chi connectivity index (χ0) is 13.7. The van der Waals surface area contributed by atoms with Gasteiger partial charge in [-0.2, -0.15) is 5.10 Å². The average Bonchev–Trinajstić information content (AvgIpc) is 2.92. The fraction of sp³-hybridized carbons (Fsp3) is 0.692. The van der Waals surface area contributed by atoms with Crippen LogP contribution in [0.25, 0.3) is 0 Å². The minimum Gasteiger partial charge on any atom is -0.381 e. The van der Waals surface area contributed by atoms with Crippen LogP contribution in [0.3, 0.4) is 0 Å². The molecule has 1 aliphatic rings. The van der Waals surface area contributed by atoms with Crippen molar-refractivity contribution < 1.29 is 9.53 Å². The molecule has 2 heterocycles. The maximum absolute atomic E-state index is 12.4. The highest BCUT2D eigenvalue weighted by atomic mass is 35.5. The summed E-state index contributed by atoms with van der Waals surface area (Å²) in [5, 5.41) is 7.18. The van der Waals surface area contributed by atoms with E-state index in [1.807, 2.05) is 23.9 Å². The first-order valence-electron chi connectivity index (χ1n) is 6.72. The van der Waals surface area contributed by atoms with Crippen LogP contribution >= 0.6 is 24.8 Å². The monoisotopic (exact) mass is 338 g/mol. The third-order valence-electron chi connectivity index (χ3n) is 3.72. The van der Waals surface area contributed by atoms with E-state index >= 15 is 0 Å². The Bertz CT molecular complexity index is 408. The first-order valence-corrected chi connectivity index (χ1v) is 6.72. The van der Waals surface area contributed by atoms with Crippen molar-refractivity contribution in [3.8, 4) is 0 Å². The lowest BCUT2D eigenvalue weighted by Gasteiger charge is -2.35. The van der Waals surface area contributed by atoms with Gasteiger partial charge >= 0.3 is 0 Å². The molecule has 0 bridgehead atoms. The Morgan fingerprint density at radius 2 is 2.14 bits per heavy atom. The minimum absolute atomic E-state index is 0. The number of nitrogens with two attached hydrogens (primary N) is 1. The molecule has 1 aliphatic heterocycles. The van der Waals surface area contributed by atoms with Gasteiger partial charge in [0.2, 0.25) is 5.91 Å². The molecule has 0 saturated carbocycles. The van der Waals surface area contributed by atoms with Crippen LogP contribution in [0.4, 0.5) is 0 Å². The summed E-state index contributed by atoms with van der Waals surface area (Å²) in [4.78, 5) is 12.4. The highest BCUT2D eigenvalue weighted by Crippen LogP contribution is 2.29. The van der Waals surface area contributed by atoms with Crippen molar-refractivity contribution in [1.82, 2.24) is 15.1 Å². The molecule has 0 aliphatic carbocycles.